The summed E-state index contributed by atoms with van der Waals surface area (Å²) < 4.78 is 4.98. The van der Waals surface area contributed by atoms with Crippen molar-refractivity contribution in [1.29, 1.82) is 0 Å². The first-order valence-electron chi connectivity index (χ1n) is 6.01. The van der Waals surface area contributed by atoms with Crippen molar-refractivity contribution in [3.63, 3.8) is 0 Å². The summed E-state index contributed by atoms with van der Waals surface area (Å²) >= 11 is 0. The Balaban J connectivity index is 2.28. The van der Waals surface area contributed by atoms with Crippen LogP contribution < -0.4 is 0 Å². The third-order valence-electron chi connectivity index (χ3n) is 2.43. The predicted octanol–water partition coefficient (Wildman–Crippen LogP) is 2.24. The van der Waals surface area contributed by atoms with Gasteiger partial charge in [0.15, 0.2) is 6.10 Å². The summed E-state index contributed by atoms with van der Waals surface area (Å²) in [6, 6.07) is 5.05. The first kappa shape index (κ1) is 13.6. The molecule has 0 fully saturated rings. The van der Waals surface area contributed by atoms with Gasteiger partial charge in [-0.1, -0.05) is 32.3 Å². The molecular formula is C13H19NO3. The Hall–Kier alpha value is -1.42. The van der Waals surface area contributed by atoms with Gasteiger partial charge >= 0.3 is 5.97 Å². The molecule has 0 bridgehead atoms. The van der Waals surface area contributed by atoms with Crippen molar-refractivity contribution in [3.05, 3.63) is 30.1 Å². The Labute approximate surface area is 102 Å². The lowest BCUT2D eigenvalue weighted by molar-refractivity contribution is -0.154. The summed E-state index contributed by atoms with van der Waals surface area (Å²) in [4.78, 5) is 15.4. The second-order valence-electron chi connectivity index (χ2n) is 3.89. The molecule has 1 N–H and O–H groups in total. The molecule has 1 rings (SSSR count). The molecule has 1 aromatic rings. The minimum Gasteiger partial charge on any atom is -0.463 e. The minimum absolute atomic E-state index is 0.325. The second-order valence-corrected chi connectivity index (χ2v) is 3.89. The molecule has 1 atom stereocenters. The van der Waals surface area contributed by atoms with Crippen molar-refractivity contribution < 1.29 is 14.6 Å². The molecule has 0 amide bonds. The summed E-state index contributed by atoms with van der Waals surface area (Å²) in [7, 11) is 0. The monoisotopic (exact) mass is 237 g/mol. The normalized spacial score (nSPS) is 12.1. The molecule has 0 saturated carbocycles. The highest BCUT2D eigenvalue weighted by Crippen LogP contribution is 2.11. The number of rotatable bonds is 7. The van der Waals surface area contributed by atoms with Crippen molar-refractivity contribution >= 4 is 5.97 Å². The number of carbonyl (C=O) groups is 1. The molecule has 4 heteroatoms. The largest absolute Gasteiger partial charge is 0.463 e. The van der Waals surface area contributed by atoms with E-state index in [1.807, 2.05) is 0 Å². The standard InChI is InChI=1S/C13H19NO3/c1-2-3-4-7-10-17-13(16)12(15)11-8-5-6-9-14-11/h5-6,8-9,12,15H,2-4,7,10H2,1H3. The highest BCUT2D eigenvalue weighted by Gasteiger charge is 2.19. The number of unbranched alkanes of at least 4 members (excludes halogenated alkanes) is 3. The quantitative estimate of drug-likeness (QED) is 0.583. The van der Waals surface area contributed by atoms with Gasteiger partial charge < -0.3 is 9.84 Å². The van der Waals surface area contributed by atoms with Gasteiger partial charge in [-0.3, -0.25) is 4.98 Å². The molecule has 0 aliphatic rings. The van der Waals surface area contributed by atoms with Crippen LogP contribution in [0.25, 0.3) is 0 Å². The van der Waals surface area contributed by atoms with Crippen LogP contribution in [0.5, 0.6) is 0 Å². The molecule has 1 unspecified atom stereocenters. The zero-order valence-electron chi connectivity index (χ0n) is 10.1. The Morgan fingerprint density at radius 3 is 2.88 bits per heavy atom. The fourth-order valence-electron chi connectivity index (χ4n) is 1.44. The molecular weight excluding hydrogens is 218 g/mol. The topological polar surface area (TPSA) is 59.4 Å². The van der Waals surface area contributed by atoms with Crippen LogP contribution in [-0.4, -0.2) is 22.7 Å². The smallest absolute Gasteiger partial charge is 0.341 e. The van der Waals surface area contributed by atoms with Gasteiger partial charge in [-0.05, 0) is 18.6 Å². The van der Waals surface area contributed by atoms with Gasteiger partial charge in [-0.15, -0.1) is 0 Å². The van der Waals surface area contributed by atoms with E-state index in [9.17, 15) is 9.90 Å². The molecule has 0 spiro atoms. The molecule has 17 heavy (non-hydrogen) atoms. The highest BCUT2D eigenvalue weighted by molar-refractivity contribution is 5.75. The highest BCUT2D eigenvalue weighted by atomic mass is 16.5. The second kappa shape index (κ2) is 7.79. The third-order valence-corrected chi connectivity index (χ3v) is 2.43. The maximum atomic E-state index is 11.5. The number of aliphatic hydroxyl groups is 1. The number of carbonyl (C=O) groups excluding carboxylic acids is 1. The average molecular weight is 237 g/mol. The van der Waals surface area contributed by atoms with Gasteiger partial charge in [0.2, 0.25) is 0 Å². The van der Waals surface area contributed by atoms with Crippen molar-refractivity contribution in [2.75, 3.05) is 6.61 Å². The Morgan fingerprint density at radius 1 is 1.41 bits per heavy atom. The number of pyridine rings is 1. The summed E-state index contributed by atoms with van der Waals surface area (Å²) in [5.41, 5.74) is 0.325. The van der Waals surface area contributed by atoms with Crippen LogP contribution in [0.3, 0.4) is 0 Å². The van der Waals surface area contributed by atoms with E-state index >= 15 is 0 Å². The van der Waals surface area contributed by atoms with E-state index in [4.69, 9.17) is 4.74 Å². The number of esters is 1. The van der Waals surface area contributed by atoms with E-state index in [2.05, 4.69) is 11.9 Å². The van der Waals surface area contributed by atoms with Crippen LogP contribution >= 0.6 is 0 Å². The lowest BCUT2D eigenvalue weighted by atomic mass is 10.2. The number of ether oxygens (including phenoxy) is 1. The average Bonchev–Trinajstić information content (AvgIpc) is 2.38. The number of hydrogen-bond acceptors (Lipinski definition) is 4. The van der Waals surface area contributed by atoms with E-state index in [0.29, 0.717) is 12.3 Å². The zero-order valence-corrected chi connectivity index (χ0v) is 10.1. The molecule has 0 aliphatic carbocycles. The van der Waals surface area contributed by atoms with Gasteiger partial charge in [0.05, 0.1) is 12.3 Å². The van der Waals surface area contributed by atoms with Crippen LogP contribution in [0, 0.1) is 0 Å². The summed E-state index contributed by atoms with van der Waals surface area (Å²) in [6.45, 7) is 2.49. The molecule has 1 aromatic heterocycles. The Kier molecular flexibility index (Phi) is 6.25. The van der Waals surface area contributed by atoms with E-state index in [1.165, 1.54) is 6.20 Å². The Morgan fingerprint density at radius 2 is 2.24 bits per heavy atom. The lowest BCUT2D eigenvalue weighted by Gasteiger charge is -2.09. The van der Waals surface area contributed by atoms with Crippen LogP contribution in [-0.2, 0) is 9.53 Å². The number of hydrogen-bond donors (Lipinski definition) is 1. The predicted molar refractivity (Wildman–Crippen MR) is 64.3 cm³/mol. The third kappa shape index (κ3) is 4.95. The molecule has 1 heterocycles. The van der Waals surface area contributed by atoms with Crippen molar-refractivity contribution in [2.45, 2.75) is 38.7 Å². The molecule has 0 saturated heterocycles. The van der Waals surface area contributed by atoms with Crippen molar-refractivity contribution in [1.82, 2.24) is 4.98 Å². The van der Waals surface area contributed by atoms with Crippen LogP contribution in [0.4, 0.5) is 0 Å². The van der Waals surface area contributed by atoms with Crippen LogP contribution in [0.15, 0.2) is 24.4 Å². The SMILES string of the molecule is CCCCCCOC(=O)C(O)c1ccccn1. The fourth-order valence-corrected chi connectivity index (χ4v) is 1.44. The van der Waals surface area contributed by atoms with Gasteiger partial charge in [0.1, 0.15) is 0 Å². The van der Waals surface area contributed by atoms with E-state index < -0.39 is 12.1 Å². The van der Waals surface area contributed by atoms with Gasteiger partial charge in [0.25, 0.3) is 0 Å². The van der Waals surface area contributed by atoms with Crippen LogP contribution in [0.2, 0.25) is 0 Å². The fraction of sp³-hybridized carbons (Fsp3) is 0.538. The lowest BCUT2D eigenvalue weighted by Crippen LogP contribution is -2.17. The number of aliphatic hydroxyl groups excluding tert-OH is 1. The van der Waals surface area contributed by atoms with Gasteiger partial charge in [0, 0.05) is 6.20 Å². The van der Waals surface area contributed by atoms with Crippen molar-refractivity contribution in [2.24, 2.45) is 0 Å². The maximum absolute atomic E-state index is 11.5. The van der Waals surface area contributed by atoms with E-state index in [1.54, 1.807) is 18.2 Å². The zero-order chi connectivity index (χ0) is 12.5. The summed E-state index contributed by atoms with van der Waals surface area (Å²) in [5.74, 6) is -0.625. The molecule has 0 aromatic carbocycles. The molecule has 4 nitrogen and oxygen atoms in total. The van der Waals surface area contributed by atoms with Gasteiger partial charge in [-0.2, -0.15) is 0 Å². The van der Waals surface area contributed by atoms with E-state index in [-0.39, 0.29) is 0 Å². The molecule has 0 aliphatic heterocycles. The first-order valence-corrected chi connectivity index (χ1v) is 6.01. The minimum atomic E-state index is -1.28. The number of nitrogens with zero attached hydrogens (tertiary/aromatic N) is 1. The van der Waals surface area contributed by atoms with Crippen molar-refractivity contribution in [3.8, 4) is 0 Å². The Bertz CT molecular complexity index is 327. The van der Waals surface area contributed by atoms with Crippen LogP contribution in [0.1, 0.15) is 44.4 Å². The summed E-state index contributed by atoms with van der Waals surface area (Å²) in [5, 5.41) is 9.65. The maximum Gasteiger partial charge on any atom is 0.341 e. The molecule has 0 radical (unpaired) electrons. The number of aromatic nitrogens is 1. The van der Waals surface area contributed by atoms with Gasteiger partial charge in [-0.25, -0.2) is 4.79 Å². The summed E-state index contributed by atoms with van der Waals surface area (Å²) in [6.07, 6.45) is 4.43. The molecule has 94 valence electrons. The first-order chi connectivity index (χ1) is 8.25. The van der Waals surface area contributed by atoms with E-state index in [0.717, 1.165) is 25.7 Å².